The molecular weight excluding hydrogens is 238 g/mol. The third kappa shape index (κ3) is 5.22. The third-order valence-electron chi connectivity index (χ3n) is 2.28. The first-order valence-electron chi connectivity index (χ1n) is 5.86. The van der Waals surface area contributed by atoms with E-state index in [1.54, 1.807) is 0 Å². The van der Waals surface area contributed by atoms with Gasteiger partial charge in [-0.05, 0) is 26.7 Å². The van der Waals surface area contributed by atoms with Crippen molar-refractivity contribution >= 4 is 17.4 Å². The van der Waals surface area contributed by atoms with Crippen LogP contribution in [0.15, 0.2) is 12.4 Å². The normalized spacial score (nSPS) is 11.3. The third-order valence-corrected chi connectivity index (χ3v) is 2.47. The minimum Gasteiger partial charge on any atom is -0.478 e. The maximum atomic E-state index is 5.75. The lowest BCUT2D eigenvalue weighted by Crippen LogP contribution is -2.31. The molecule has 17 heavy (non-hydrogen) atoms. The molecule has 96 valence electrons. The molecule has 1 N–H and O–H groups in total. The second kappa shape index (κ2) is 6.64. The van der Waals surface area contributed by atoms with E-state index < -0.39 is 0 Å². The second-order valence-corrected chi connectivity index (χ2v) is 4.92. The number of rotatable bonds is 7. The Morgan fingerprint density at radius 1 is 1.41 bits per heavy atom. The quantitative estimate of drug-likeness (QED) is 0.763. The van der Waals surface area contributed by atoms with Gasteiger partial charge in [0.15, 0.2) is 0 Å². The highest BCUT2D eigenvalue weighted by Gasteiger charge is 2.17. The van der Waals surface area contributed by atoms with Crippen molar-refractivity contribution in [1.82, 2.24) is 9.97 Å². The highest BCUT2D eigenvalue weighted by Crippen LogP contribution is 2.19. The lowest BCUT2D eigenvalue weighted by molar-refractivity contribution is 0.305. The summed E-state index contributed by atoms with van der Waals surface area (Å²) in [5.41, 5.74) is -0.0852. The molecule has 0 atom stereocenters. The van der Waals surface area contributed by atoms with E-state index in [1.165, 1.54) is 6.33 Å². The number of anilines is 1. The molecule has 1 aromatic heterocycles. The predicted octanol–water partition coefficient (Wildman–Crippen LogP) is 3.08. The monoisotopic (exact) mass is 257 g/mol. The van der Waals surface area contributed by atoms with Gasteiger partial charge in [-0.3, -0.25) is 0 Å². The fraction of sp³-hybridized carbons (Fsp3) is 0.667. The van der Waals surface area contributed by atoms with Crippen LogP contribution < -0.4 is 10.1 Å². The molecule has 0 radical (unpaired) electrons. The molecule has 0 unspecified atom stereocenters. The summed E-state index contributed by atoms with van der Waals surface area (Å²) in [6.07, 6.45) is 3.33. The van der Waals surface area contributed by atoms with Gasteiger partial charge in [0.25, 0.3) is 0 Å². The average Bonchev–Trinajstić information content (AvgIpc) is 2.26. The summed E-state index contributed by atoms with van der Waals surface area (Å²) in [4.78, 5) is 8.22. The van der Waals surface area contributed by atoms with Crippen LogP contribution in [0.4, 0.5) is 5.82 Å². The van der Waals surface area contributed by atoms with Crippen LogP contribution in [-0.4, -0.2) is 28.0 Å². The van der Waals surface area contributed by atoms with Crippen molar-refractivity contribution < 1.29 is 4.74 Å². The van der Waals surface area contributed by atoms with E-state index in [0.29, 0.717) is 18.4 Å². The summed E-state index contributed by atoms with van der Waals surface area (Å²) in [5.74, 6) is 1.98. The first-order valence-corrected chi connectivity index (χ1v) is 6.40. The fourth-order valence-electron chi connectivity index (χ4n) is 1.34. The molecule has 0 bridgehead atoms. The van der Waals surface area contributed by atoms with E-state index >= 15 is 0 Å². The van der Waals surface area contributed by atoms with Crippen molar-refractivity contribution in [2.75, 3.05) is 17.8 Å². The van der Waals surface area contributed by atoms with Crippen LogP contribution in [0.25, 0.3) is 0 Å². The van der Waals surface area contributed by atoms with E-state index in [9.17, 15) is 0 Å². The smallest absolute Gasteiger partial charge is 0.218 e. The molecule has 0 saturated heterocycles. The van der Waals surface area contributed by atoms with Crippen LogP contribution in [0, 0.1) is 0 Å². The van der Waals surface area contributed by atoms with Gasteiger partial charge in [0.05, 0.1) is 6.61 Å². The molecule has 0 fully saturated rings. The molecule has 4 nitrogen and oxygen atoms in total. The minimum atomic E-state index is -0.0852. The van der Waals surface area contributed by atoms with Crippen molar-refractivity contribution in [2.24, 2.45) is 0 Å². The number of ether oxygens (including phenoxy) is 1. The standard InChI is InChI=1S/C12H20ClN3O/c1-4-7-17-11-8-10(14-9-15-11)16-12(2,3)5-6-13/h8-9H,4-7H2,1-3H3,(H,14,15,16). The summed E-state index contributed by atoms with van der Waals surface area (Å²) < 4.78 is 5.45. The SMILES string of the molecule is CCCOc1cc(NC(C)(C)CCCl)ncn1. The second-order valence-electron chi connectivity index (χ2n) is 4.54. The Hall–Kier alpha value is -1.03. The van der Waals surface area contributed by atoms with E-state index in [0.717, 1.165) is 18.7 Å². The molecular formula is C12H20ClN3O. The van der Waals surface area contributed by atoms with Gasteiger partial charge in [0, 0.05) is 17.5 Å². The van der Waals surface area contributed by atoms with Crippen LogP contribution in [0.1, 0.15) is 33.6 Å². The Morgan fingerprint density at radius 2 is 2.18 bits per heavy atom. The van der Waals surface area contributed by atoms with Gasteiger partial charge in [-0.1, -0.05) is 6.92 Å². The van der Waals surface area contributed by atoms with Crippen LogP contribution in [-0.2, 0) is 0 Å². The Bertz CT molecular complexity index is 344. The molecule has 0 aliphatic heterocycles. The highest BCUT2D eigenvalue weighted by molar-refractivity contribution is 6.17. The Kier molecular flexibility index (Phi) is 5.48. The maximum Gasteiger partial charge on any atom is 0.218 e. The van der Waals surface area contributed by atoms with Crippen molar-refractivity contribution in [3.63, 3.8) is 0 Å². The summed E-state index contributed by atoms with van der Waals surface area (Å²) in [7, 11) is 0. The van der Waals surface area contributed by atoms with Crippen molar-refractivity contribution in [2.45, 2.75) is 39.2 Å². The van der Waals surface area contributed by atoms with E-state index in [4.69, 9.17) is 16.3 Å². The molecule has 1 aromatic rings. The summed E-state index contributed by atoms with van der Waals surface area (Å²) in [5, 5.41) is 3.32. The van der Waals surface area contributed by atoms with Gasteiger partial charge in [0.1, 0.15) is 12.1 Å². The first-order chi connectivity index (χ1) is 8.07. The number of alkyl halides is 1. The Labute approximate surface area is 108 Å². The van der Waals surface area contributed by atoms with Crippen molar-refractivity contribution in [3.05, 3.63) is 12.4 Å². The molecule has 1 rings (SSSR count). The zero-order valence-electron chi connectivity index (χ0n) is 10.7. The molecule has 0 aromatic carbocycles. The van der Waals surface area contributed by atoms with Crippen molar-refractivity contribution in [1.29, 1.82) is 0 Å². The number of hydrogen-bond acceptors (Lipinski definition) is 4. The van der Waals surface area contributed by atoms with Gasteiger partial charge in [-0.25, -0.2) is 9.97 Å². The molecule has 0 spiro atoms. The van der Waals surface area contributed by atoms with Gasteiger partial charge >= 0.3 is 0 Å². The summed E-state index contributed by atoms with van der Waals surface area (Å²) >= 11 is 5.75. The molecule has 5 heteroatoms. The van der Waals surface area contributed by atoms with Gasteiger partial charge in [0.2, 0.25) is 5.88 Å². The average molecular weight is 258 g/mol. The van der Waals surface area contributed by atoms with Crippen LogP contribution in [0.2, 0.25) is 0 Å². The zero-order chi connectivity index (χ0) is 12.7. The predicted molar refractivity (Wildman–Crippen MR) is 70.9 cm³/mol. The number of halogens is 1. The van der Waals surface area contributed by atoms with Gasteiger partial charge in [-0.15, -0.1) is 11.6 Å². The van der Waals surface area contributed by atoms with E-state index in [2.05, 4.69) is 36.1 Å². The number of hydrogen-bond donors (Lipinski definition) is 1. The lowest BCUT2D eigenvalue weighted by Gasteiger charge is -2.25. The number of nitrogens with one attached hydrogen (secondary N) is 1. The topological polar surface area (TPSA) is 47.0 Å². The largest absolute Gasteiger partial charge is 0.478 e. The minimum absolute atomic E-state index is 0.0852. The first kappa shape index (κ1) is 14.0. The maximum absolute atomic E-state index is 5.75. The van der Waals surface area contributed by atoms with Gasteiger partial charge in [-0.2, -0.15) is 0 Å². The van der Waals surface area contributed by atoms with E-state index in [1.807, 2.05) is 6.07 Å². The highest BCUT2D eigenvalue weighted by atomic mass is 35.5. The fourth-order valence-corrected chi connectivity index (χ4v) is 1.81. The van der Waals surface area contributed by atoms with Gasteiger partial charge < -0.3 is 10.1 Å². The molecule has 0 amide bonds. The molecule has 0 aliphatic rings. The summed E-state index contributed by atoms with van der Waals surface area (Å²) in [6.45, 7) is 6.90. The number of nitrogens with zero attached hydrogens (tertiary/aromatic N) is 2. The summed E-state index contributed by atoms with van der Waals surface area (Å²) in [6, 6.07) is 1.81. The van der Waals surface area contributed by atoms with Crippen molar-refractivity contribution in [3.8, 4) is 5.88 Å². The zero-order valence-corrected chi connectivity index (χ0v) is 11.4. The molecule has 0 saturated carbocycles. The number of aromatic nitrogens is 2. The van der Waals surface area contributed by atoms with Crippen LogP contribution in [0.3, 0.4) is 0 Å². The lowest BCUT2D eigenvalue weighted by atomic mass is 10.0. The Morgan fingerprint density at radius 3 is 2.82 bits per heavy atom. The van der Waals surface area contributed by atoms with E-state index in [-0.39, 0.29) is 5.54 Å². The molecule has 1 heterocycles. The van der Waals surface area contributed by atoms with Crippen LogP contribution in [0.5, 0.6) is 5.88 Å². The van der Waals surface area contributed by atoms with Crippen LogP contribution >= 0.6 is 11.6 Å². The Balaban J connectivity index is 2.64. The molecule has 0 aliphatic carbocycles.